The molecule has 1 unspecified atom stereocenters. The predicted molar refractivity (Wildman–Crippen MR) is 87.2 cm³/mol. The Morgan fingerprint density at radius 3 is 2.89 bits per heavy atom. The minimum absolute atomic E-state index is 0.641. The van der Waals surface area contributed by atoms with Gasteiger partial charge in [-0.15, -0.1) is 0 Å². The Bertz CT molecular complexity index is 367. The Balaban J connectivity index is 1.89. The minimum Gasteiger partial charge on any atom is -0.381 e. The summed E-state index contributed by atoms with van der Waals surface area (Å²) in [6.45, 7) is 6.05. The molecule has 1 saturated heterocycles. The lowest BCUT2D eigenvalue weighted by Gasteiger charge is -2.20. The molecule has 1 aromatic carbocycles. The fraction of sp³-hybridized carbons (Fsp3) is 0.600. The van der Waals surface area contributed by atoms with Crippen LogP contribution in [-0.4, -0.2) is 30.6 Å². The molecule has 0 radical (unpaired) electrons. The number of nitrogens with zero attached hydrogens (tertiary/aromatic N) is 1. The van der Waals surface area contributed by atoms with E-state index in [0.717, 1.165) is 0 Å². The molecule has 0 aliphatic carbocycles. The SMILES string of the molecule is CCCN1CCCC(Nc2ccccc2I)CC1. The molecule has 1 N–H and O–H groups in total. The van der Waals surface area contributed by atoms with Gasteiger partial charge in [0.15, 0.2) is 0 Å². The van der Waals surface area contributed by atoms with Crippen LogP contribution in [-0.2, 0) is 0 Å². The highest BCUT2D eigenvalue weighted by atomic mass is 127. The molecule has 3 heteroatoms. The Hall–Kier alpha value is -0.290. The first kappa shape index (κ1) is 14.1. The highest BCUT2D eigenvalue weighted by molar-refractivity contribution is 14.1. The van der Waals surface area contributed by atoms with Crippen molar-refractivity contribution in [2.45, 2.75) is 38.6 Å². The first-order chi connectivity index (χ1) is 8.79. The summed E-state index contributed by atoms with van der Waals surface area (Å²) in [6, 6.07) is 9.22. The van der Waals surface area contributed by atoms with E-state index in [4.69, 9.17) is 0 Å². The van der Waals surface area contributed by atoms with Crippen LogP contribution in [0.25, 0.3) is 0 Å². The molecule has 0 bridgehead atoms. The molecule has 0 amide bonds. The molecule has 2 nitrogen and oxygen atoms in total. The van der Waals surface area contributed by atoms with Crippen LogP contribution in [0.1, 0.15) is 32.6 Å². The topological polar surface area (TPSA) is 15.3 Å². The smallest absolute Gasteiger partial charge is 0.0478 e. The third kappa shape index (κ3) is 4.12. The van der Waals surface area contributed by atoms with Gasteiger partial charge in [-0.2, -0.15) is 0 Å². The third-order valence-corrected chi connectivity index (χ3v) is 4.53. The number of para-hydroxylation sites is 1. The molecule has 100 valence electrons. The first-order valence-corrected chi connectivity index (χ1v) is 8.11. The van der Waals surface area contributed by atoms with Gasteiger partial charge in [-0.25, -0.2) is 0 Å². The number of anilines is 1. The van der Waals surface area contributed by atoms with E-state index in [0.29, 0.717) is 6.04 Å². The molecular formula is C15H23IN2. The van der Waals surface area contributed by atoms with Crippen molar-refractivity contribution in [2.24, 2.45) is 0 Å². The number of rotatable bonds is 4. The maximum Gasteiger partial charge on any atom is 0.0478 e. The van der Waals surface area contributed by atoms with Gasteiger partial charge >= 0.3 is 0 Å². The van der Waals surface area contributed by atoms with Crippen LogP contribution < -0.4 is 5.32 Å². The largest absolute Gasteiger partial charge is 0.381 e. The van der Waals surface area contributed by atoms with Crippen LogP contribution in [0.3, 0.4) is 0 Å². The predicted octanol–water partition coefficient (Wildman–Crippen LogP) is 3.97. The van der Waals surface area contributed by atoms with Crippen LogP contribution in [0.4, 0.5) is 5.69 Å². The van der Waals surface area contributed by atoms with Gasteiger partial charge in [0.1, 0.15) is 0 Å². The van der Waals surface area contributed by atoms with Crippen molar-refractivity contribution in [3.63, 3.8) is 0 Å². The zero-order valence-electron chi connectivity index (χ0n) is 11.2. The number of benzene rings is 1. The van der Waals surface area contributed by atoms with Gasteiger partial charge in [0, 0.05) is 21.8 Å². The minimum atomic E-state index is 0.641. The molecule has 1 aromatic rings. The fourth-order valence-corrected chi connectivity index (χ4v) is 3.18. The van der Waals surface area contributed by atoms with Gasteiger partial charge in [-0.3, -0.25) is 0 Å². The number of hydrogen-bond acceptors (Lipinski definition) is 2. The van der Waals surface area contributed by atoms with E-state index in [2.05, 4.69) is 64.0 Å². The zero-order valence-corrected chi connectivity index (χ0v) is 13.3. The zero-order chi connectivity index (χ0) is 12.8. The average Bonchev–Trinajstić information content (AvgIpc) is 2.59. The summed E-state index contributed by atoms with van der Waals surface area (Å²) in [7, 11) is 0. The van der Waals surface area contributed by atoms with Crippen LogP contribution in [0.5, 0.6) is 0 Å². The molecule has 2 rings (SSSR count). The summed E-state index contributed by atoms with van der Waals surface area (Å²) in [4.78, 5) is 2.61. The van der Waals surface area contributed by atoms with E-state index in [9.17, 15) is 0 Å². The Morgan fingerprint density at radius 2 is 2.11 bits per heavy atom. The number of halogens is 1. The lowest BCUT2D eigenvalue weighted by atomic mass is 10.1. The van der Waals surface area contributed by atoms with Gasteiger partial charge in [-0.05, 0) is 73.5 Å². The quantitative estimate of drug-likeness (QED) is 0.820. The van der Waals surface area contributed by atoms with E-state index in [1.807, 2.05) is 0 Å². The summed E-state index contributed by atoms with van der Waals surface area (Å²) < 4.78 is 1.32. The molecule has 0 aromatic heterocycles. The summed E-state index contributed by atoms with van der Waals surface area (Å²) in [5.41, 5.74) is 1.30. The van der Waals surface area contributed by atoms with Crippen molar-refractivity contribution in [2.75, 3.05) is 25.0 Å². The molecule has 1 aliphatic rings. The lowest BCUT2D eigenvalue weighted by Crippen LogP contribution is -2.27. The van der Waals surface area contributed by atoms with Crippen LogP contribution in [0, 0.1) is 3.57 Å². The second kappa shape index (κ2) is 7.34. The van der Waals surface area contributed by atoms with Crippen molar-refractivity contribution in [1.29, 1.82) is 0 Å². The van der Waals surface area contributed by atoms with E-state index in [-0.39, 0.29) is 0 Å². The van der Waals surface area contributed by atoms with Crippen molar-refractivity contribution in [1.82, 2.24) is 4.90 Å². The second-order valence-electron chi connectivity index (χ2n) is 5.09. The maximum atomic E-state index is 3.72. The lowest BCUT2D eigenvalue weighted by molar-refractivity contribution is 0.285. The number of hydrogen-bond donors (Lipinski definition) is 1. The molecule has 0 spiro atoms. The molecule has 18 heavy (non-hydrogen) atoms. The normalized spacial score (nSPS) is 21.6. The highest BCUT2D eigenvalue weighted by Crippen LogP contribution is 2.21. The Morgan fingerprint density at radius 1 is 1.28 bits per heavy atom. The maximum absolute atomic E-state index is 3.72. The molecular weight excluding hydrogens is 335 g/mol. The summed E-state index contributed by atoms with van der Waals surface area (Å²) in [6.07, 6.45) is 5.16. The fourth-order valence-electron chi connectivity index (χ4n) is 2.64. The van der Waals surface area contributed by atoms with Crippen molar-refractivity contribution in [3.8, 4) is 0 Å². The number of likely N-dealkylation sites (tertiary alicyclic amines) is 1. The van der Waals surface area contributed by atoms with Crippen molar-refractivity contribution in [3.05, 3.63) is 27.8 Å². The standard InChI is InChI=1S/C15H23IN2/c1-2-10-18-11-5-6-13(9-12-18)17-15-8-4-3-7-14(15)16/h3-4,7-8,13,17H,2,5-6,9-12H2,1H3. The van der Waals surface area contributed by atoms with E-state index in [1.54, 1.807) is 0 Å². The van der Waals surface area contributed by atoms with Crippen molar-refractivity contribution >= 4 is 28.3 Å². The number of nitrogens with one attached hydrogen (secondary N) is 1. The highest BCUT2D eigenvalue weighted by Gasteiger charge is 2.16. The second-order valence-corrected chi connectivity index (χ2v) is 6.26. The summed E-state index contributed by atoms with van der Waals surface area (Å²) >= 11 is 2.41. The average molecular weight is 358 g/mol. The van der Waals surface area contributed by atoms with Gasteiger partial charge < -0.3 is 10.2 Å². The molecule has 1 aliphatic heterocycles. The monoisotopic (exact) mass is 358 g/mol. The molecule has 1 atom stereocenters. The van der Waals surface area contributed by atoms with Gasteiger partial charge in [-0.1, -0.05) is 19.1 Å². The van der Waals surface area contributed by atoms with E-state index >= 15 is 0 Å². The third-order valence-electron chi connectivity index (χ3n) is 3.59. The van der Waals surface area contributed by atoms with E-state index in [1.165, 1.54) is 54.6 Å². The van der Waals surface area contributed by atoms with Crippen LogP contribution in [0.15, 0.2) is 24.3 Å². The van der Waals surface area contributed by atoms with Gasteiger partial charge in [0.25, 0.3) is 0 Å². The molecule has 1 heterocycles. The summed E-state index contributed by atoms with van der Waals surface area (Å²) in [5, 5.41) is 3.72. The van der Waals surface area contributed by atoms with Crippen LogP contribution >= 0.6 is 22.6 Å². The Kier molecular flexibility index (Phi) is 5.76. The summed E-state index contributed by atoms with van der Waals surface area (Å²) in [5.74, 6) is 0. The van der Waals surface area contributed by atoms with Gasteiger partial charge in [0.05, 0.1) is 0 Å². The van der Waals surface area contributed by atoms with E-state index < -0.39 is 0 Å². The van der Waals surface area contributed by atoms with Gasteiger partial charge in [0.2, 0.25) is 0 Å². The molecule has 0 saturated carbocycles. The first-order valence-electron chi connectivity index (χ1n) is 7.03. The van der Waals surface area contributed by atoms with Crippen LogP contribution in [0.2, 0.25) is 0 Å². The van der Waals surface area contributed by atoms with Crippen molar-refractivity contribution < 1.29 is 0 Å². The Labute approximate surface area is 124 Å². The molecule has 1 fully saturated rings.